The first-order valence-corrected chi connectivity index (χ1v) is 5.79. The van der Waals surface area contributed by atoms with E-state index in [0.717, 1.165) is 10.5 Å². The van der Waals surface area contributed by atoms with Gasteiger partial charge in [-0.15, -0.1) is 0 Å². The molecule has 1 heterocycles. The third-order valence-corrected chi connectivity index (χ3v) is 2.86. The molecule has 1 fully saturated rings. The fourth-order valence-electron chi connectivity index (χ4n) is 1.98. The van der Waals surface area contributed by atoms with Crippen LogP contribution in [0.25, 0.3) is 0 Å². The van der Waals surface area contributed by atoms with Crippen LogP contribution in [-0.2, 0) is 25.5 Å². The Morgan fingerprint density at radius 3 is 2.32 bits per heavy atom. The number of hydrogen-bond donors (Lipinski definition) is 1. The lowest BCUT2D eigenvalue weighted by molar-refractivity contribution is -0.168. The summed E-state index contributed by atoms with van der Waals surface area (Å²) >= 11 is 0. The molecule has 0 aliphatic carbocycles. The summed E-state index contributed by atoms with van der Waals surface area (Å²) in [6.45, 7) is -0.519. The maximum absolute atomic E-state index is 11.7. The molecule has 6 heteroatoms. The Labute approximate surface area is 109 Å². The van der Waals surface area contributed by atoms with Gasteiger partial charge in [-0.25, -0.2) is 4.79 Å². The maximum atomic E-state index is 11.7. The van der Waals surface area contributed by atoms with Crippen LogP contribution in [0, 0.1) is 0 Å². The van der Waals surface area contributed by atoms with Crippen LogP contribution in [0.2, 0.25) is 0 Å². The van der Waals surface area contributed by atoms with Crippen LogP contribution in [0.4, 0.5) is 0 Å². The Balaban J connectivity index is 2.22. The fourth-order valence-corrected chi connectivity index (χ4v) is 1.98. The highest BCUT2D eigenvalue weighted by Crippen LogP contribution is 2.13. The second-order valence-corrected chi connectivity index (χ2v) is 4.19. The van der Waals surface area contributed by atoms with Gasteiger partial charge < -0.3 is 9.84 Å². The maximum Gasteiger partial charge on any atom is 0.327 e. The van der Waals surface area contributed by atoms with Gasteiger partial charge in [0, 0.05) is 6.42 Å². The summed E-state index contributed by atoms with van der Waals surface area (Å²) in [6, 6.07) is 7.68. The van der Waals surface area contributed by atoms with Crippen molar-refractivity contribution in [3.8, 4) is 0 Å². The van der Waals surface area contributed by atoms with Crippen molar-refractivity contribution in [2.75, 3.05) is 13.2 Å². The molecule has 0 radical (unpaired) electrons. The summed E-state index contributed by atoms with van der Waals surface area (Å²) in [5.74, 6) is -2.42. The average Bonchev–Trinajstić information content (AvgIpc) is 2.38. The van der Waals surface area contributed by atoms with E-state index in [1.165, 1.54) is 0 Å². The summed E-state index contributed by atoms with van der Waals surface area (Å²) in [7, 11) is 0. The van der Waals surface area contributed by atoms with Crippen molar-refractivity contribution in [2.24, 2.45) is 0 Å². The van der Waals surface area contributed by atoms with Gasteiger partial charge in [0.05, 0.1) is 0 Å². The van der Waals surface area contributed by atoms with E-state index in [1.54, 1.807) is 24.3 Å². The Kier molecular flexibility index (Phi) is 3.91. The number of morpholine rings is 1. The van der Waals surface area contributed by atoms with E-state index in [9.17, 15) is 19.5 Å². The largest absolute Gasteiger partial charge is 0.480 e. The number of carbonyl (C=O) groups excluding carboxylic acids is 2. The topological polar surface area (TPSA) is 83.9 Å². The van der Waals surface area contributed by atoms with Crippen molar-refractivity contribution in [3.05, 3.63) is 35.9 Å². The number of nitrogens with zero attached hydrogens (tertiary/aromatic N) is 1. The molecule has 19 heavy (non-hydrogen) atoms. The second-order valence-electron chi connectivity index (χ2n) is 4.19. The summed E-state index contributed by atoms with van der Waals surface area (Å²) in [5, 5.41) is 9.24. The summed E-state index contributed by atoms with van der Waals surface area (Å²) in [4.78, 5) is 35.4. The van der Waals surface area contributed by atoms with Crippen molar-refractivity contribution in [1.82, 2.24) is 4.90 Å². The van der Waals surface area contributed by atoms with Crippen LogP contribution < -0.4 is 0 Å². The van der Waals surface area contributed by atoms with Crippen LogP contribution in [0.3, 0.4) is 0 Å². The zero-order valence-electron chi connectivity index (χ0n) is 10.1. The minimum atomic E-state index is -1.20. The molecule has 0 bridgehead atoms. The van der Waals surface area contributed by atoms with Gasteiger partial charge in [0.15, 0.2) is 0 Å². The van der Waals surface area contributed by atoms with Crippen LogP contribution in [0.1, 0.15) is 5.56 Å². The van der Waals surface area contributed by atoms with E-state index in [2.05, 4.69) is 0 Å². The quantitative estimate of drug-likeness (QED) is 0.777. The predicted octanol–water partition coefficient (Wildman–Crippen LogP) is 0.0677. The smallest absolute Gasteiger partial charge is 0.327 e. The van der Waals surface area contributed by atoms with Crippen LogP contribution >= 0.6 is 0 Å². The molecular weight excluding hydrogens is 250 g/mol. The van der Waals surface area contributed by atoms with Gasteiger partial charge in [-0.2, -0.15) is 0 Å². The number of benzene rings is 1. The van der Waals surface area contributed by atoms with Gasteiger partial charge in [-0.3, -0.25) is 14.5 Å². The third-order valence-electron chi connectivity index (χ3n) is 2.86. The van der Waals surface area contributed by atoms with E-state index >= 15 is 0 Å². The van der Waals surface area contributed by atoms with Crippen molar-refractivity contribution in [1.29, 1.82) is 0 Å². The Bertz CT molecular complexity index is 483. The fraction of sp³-hybridized carbons (Fsp3) is 0.308. The number of carboxylic acids is 1. The highest BCUT2D eigenvalue weighted by molar-refractivity contribution is 6.01. The second kappa shape index (κ2) is 5.62. The lowest BCUT2D eigenvalue weighted by atomic mass is 10.0. The Morgan fingerprint density at radius 1 is 1.21 bits per heavy atom. The first kappa shape index (κ1) is 13.2. The van der Waals surface area contributed by atoms with Gasteiger partial charge in [0.2, 0.25) is 0 Å². The zero-order valence-corrected chi connectivity index (χ0v) is 10.1. The predicted molar refractivity (Wildman–Crippen MR) is 64.2 cm³/mol. The van der Waals surface area contributed by atoms with E-state index in [-0.39, 0.29) is 19.6 Å². The lowest BCUT2D eigenvalue weighted by Gasteiger charge is -2.30. The summed E-state index contributed by atoms with van der Waals surface area (Å²) < 4.78 is 4.77. The Morgan fingerprint density at radius 2 is 1.79 bits per heavy atom. The third kappa shape index (κ3) is 2.97. The molecule has 1 aliphatic heterocycles. The number of hydrogen-bond acceptors (Lipinski definition) is 4. The molecule has 100 valence electrons. The normalized spacial score (nSPS) is 17.4. The number of carboxylic acid groups (broad SMARTS) is 1. The highest BCUT2D eigenvalue weighted by Gasteiger charge is 2.37. The molecule has 1 aromatic rings. The van der Waals surface area contributed by atoms with Crippen molar-refractivity contribution >= 4 is 17.8 Å². The number of amides is 2. The first-order chi connectivity index (χ1) is 9.09. The zero-order chi connectivity index (χ0) is 13.8. The van der Waals surface area contributed by atoms with Crippen LogP contribution in [0.15, 0.2) is 30.3 Å². The number of ether oxygens (including phenoxy) is 1. The van der Waals surface area contributed by atoms with Crippen LogP contribution in [0.5, 0.6) is 0 Å². The van der Waals surface area contributed by atoms with Crippen molar-refractivity contribution < 1.29 is 24.2 Å². The molecule has 6 nitrogen and oxygen atoms in total. The van der Waals surface area contributed by atoms with Gasteiger partial charge in [-0.1, -0.05) is 30.3 Å². The number of imide groups is 1. The van der Waals surface area contributed by atoms with E-state index in [0.29, 0.717) is 0 Å². The molecule has 2 rings (SSSR count). The van der Waals surface area contributed by atoms with Gasteiger partial charge in [-0.05, 0) is 5.56 Å². The SMILES string of the molecule is O=C(O)C(Cc1ccccc1)N1C(=O)COCC1=O. The molecule has 1 atom stereocenters. The summed E-state index contributed by atoms with van der Waals surface area (Å²) in [6.07, 6.45) is 0.0909. The minimum absolute atomic E-state index is 0.0909. The van der Waals surface area contributed by atoms with Crippen molar-refractivity contribution in [2.45, 2.75) is 12.5 Å². The van der Waals surface area contributed by atoms with E-state index in [1.807, 2.05) is 6.07 Å². The summed E-state index contributed by atoms with van der Waals surface area (Å²) in [5.41, 5.74) is 0.752. The molecule has 1 saturated heterocycles. The average molecular weight is 263 g/mol. The van der Waals surface area contributed by atoms with E-state index < -0.39 is 23.8 Å². The molecule has 0 aromatic heterocycles. The van der Waals surface area contributed by atoms with E-state index in [4.69, 9.17) is 4.74 Å². The molecule has 1 N–H and O–H groups in total. The molecule has 2 amide bonds. The monoisotopic (exact) mass is 263 g/mol. The van der Waals surface area contributed by atoms with Gasteiger partial charge in [0.25, 0.3) is 11.8 Å². The molecule has 0 saturated carbocycles. The Hall–Kier alpha value is -2.21. The lowest BCUT2D eigenvalue weighted by Crippen LogP contribution is -2.55. The number of rotatable bonds is 4. The van der Waals surface area contributed by atoms with Crippen LogP contribution in [-0.4, -0.2) is 47.0 Å². The first-order valence-electron chi connectivity index (χ1n) is 5.79. The minimum Gasteiger partial charge on any atom is -0.480 e. The molecule has 1 unspecified atom stereocenters. The van der Waals surface area contributed by atoms with Gasteiger partial charge >= 0.3 is 5.97 Å². The molecular formula is C13H13NO5. The molecule has 1 aromatic carbocycles. The molecule has 0 spiro atoms. The van der Waals surface area contributed by atoms with Gasteiger partial charge in [0.1, 0.15) is 19.3 Å². The van der Waals surface area contributed by atoms with Crippen molar-refractivity contribution in [3.63, 3.8) is 0 Å². The standard InChI is InChI=1S/C13H13NO5/c15-11-7-19-8-12(16)14(11)10(13(17)18)6-9-4-2-1-3-5-9/h1-5,10H,6-8H2,(H,17,18). The number of aliphatic carboxylic acids is 1. The number of carbonyl (C=O) groups is 3. The molecule has 1 aliphatic rings. The highest BCUT2D eigenvalue weighted by atomic mass is 16.5.